The van der Waals surface area contributed by atoms with Crippen LogP contribution in [0.4, 0.5) is 0 Å². The Morgan fingerprint density at radius 1 is 0.969 bits per heavy atom. The van der Waals surface area contributed by atoms with Crippen LogP contribution in [0.2, 0.25) is 0 Å². The van der Waals surface area contributed by atoms with Gasteiger partial charge in [0.2, 0.25) is 5.91 Å². The number of benzene rings is 1. The summed E-state index contributed by atoms with van der Waals surface area (Å²) in [6, 6.07) is 6.23. The van der Waals surface area contributed by atoms with E-state index >= 15 is 0 Å². The third kappa shape index (κ3) is 9.64. The van der Waals surface area contributed by atoms with E-state index < -0.39 is 0 Å². The van der Waals surface area contributed by atoms with Crippen molar-refractivity contribution < 1.29 is 19.0 Å². The minimum atomic E-state index is 0.0400. The zero-order valence-corrected chi connectivity index (χ0v) is 21.5. The van der Waals surface area contributed by atoms with Crippen molar-refractivity contribution in [1.29, 1.82) is 0 Å². The molecule has 0 saturated carbocycles. The zero-order chi connectivity index (χ0) is 24.1. The average Bonchev–Trinajstić information content (AvgIpc) is 2.75. The molecule has 1 aromatic rings. The smallest absolute Gasteiger partial charge is 0.225 e. The number of allylic oxidation sites excluding steroid dienone is 2. The first kappa shape index (κ1) is 28.0. The van der Waals surface area contributed by atoms with E-state index in [0.29, 0.717) is 31.0 Å². The minimum absolute atomic E-state index is 0.0400. The van der Waals surface area contributed by atoms with Crippen LogP contribution in [-0.2, 0) is 16.0 Å². The molecule has 0 fully saturated rings. The van der Waals surface area contributed by atoms with Crippen molar-refractivity contribution in [2.45, 2.75) is 53.4 Å². The fraction of sp³-hybridized carbons (Fsp3) is 0.667. The molecule has 0 N–H and O–H groups in total. The van der Waals surface area contributed by atoms with E-state index in [4.69, 9.17) is 14.2 Å². The van der Waals surface area contributed by atoms with Gasteiger partial charge in [0.05, 0.1) is 13.7 Å². The second-order valence-corrected chi connectivity index (χ2v) is 9.41. The molecule has 0 radical (unpaired) electrons. The van der Waals surface area contributed by atoms with E-state index in [-0.39, 0.29) is 11.8 Å². The second kappa shape index (κ2) is 14.9. The van der Waals surface area contributed by atoms with Gasteiger partial charge in [-0.1, -0.05) is 45.9 Å². The van der Waals surface area contributed by atoms with E-state index in [0.717, 1.165) is 37.2 Å². The highest BCUT2D eigenvalue weighted by Gasteiger charge is 2.22. The van der Waals surface area contributed by atoms with Gasteiger partial charge in [0, 0.05) is 40.2 Å². The maximum Gasteiger partial charge on any atom is 0.225 e. The van der Waals surface area contributed by atoms with Crippen molar-refractivity contribution in [1.82, 2.24) is 4.90 Å². The Labute approximate surface area is 196 Å². The van der Waals surface area contributed by atoms with E-state index in [1.807, 2.05) is 20.2 Å². The number of nitrogens with zero attached hydrogens (tertiary/aromatic N) is 1. The third-order valence-electron chi connectivity index (χ3n) is 5.98. The SMILES string of the molecule is COCCCOc1cc(CC(CC=CCC(C(=O)N(C)C)C(C)C)C(C)C)ccc1OC. The fourth-order valence-electron chi connectivity index (χ4n) is 3.74. The summed E-state index contributed by atoms with van der Waals surface area (Å²) in [6.07, 6.45) is 8.06. The Bertz CT molecular complexity index is 697. The number of rotatable bonds is 15. The molecular formula is C27H45NO4. The minimum Gasteiger partial charge on any atom is -0.493 e. The Hall–Kier alpha value is -2.01. The number of hydrogen-bond acceptors (Lipinski definition) is 4. The van der Waals surface area contributed by atoms with Crippen LogP contribution in [-0.4, -0.2) is 52.3 Å². The van der Waals surface area contributed by atoms with Crippen LogP contribution in [0.5, 0.6) is 11.5 Å². The molecular weight excluding hydrogens is 402 g/mol. The van der Waals surface area contributed by atoms with E-state index in [1.165, 1.54) is 5.56 Å². The predicted molar refractivity (Wildman–Crippen MR) is 132 cm³/mol. The summed E-state index contributed by atoms with van der Waals surface area (Å²) in [5.41, 5.74) is 1.25. The standard InChI is InChI=1S/C27H45NO4/c1-20(2)23(12-9-10-13-24(21(3)4)27(29)28(5)6)18-22-14-15-25(31-8)26(19-22)32-17-11-16-30-7/h9-10,14-15,19-21,23-24H,11-13,16-18H2,1-8H3. The number of ether oxygens (including phenoxy) is 3. The maximum absolute atomic E-state index is 12.4. The van der Waals surface area contributed by atoms with Gasteiger partial charge < -0.3 is 19.1 Å². The molecule has 0 aromatic heterocycles. The number of carbonyl (C=O) groups is 1. The van der Waals surface area contributed by atoms with Gasteiger partial charge >= 0.3 is 0 Å². The van der Waals surface area contributed by atoms with E-state index in [1.54, 1.807) is 19.1 Å². The highest BCUT2D eigenvalue weighted by atomic mass is 16.5. The zero-order valence-electron chi connectivity index (χ0n) is 21.5. The van der Waals surface area contributed by atoms with Gasteiger partial charge in [0.15, 0.2) is 11.5 Å². The molecule has 2 unspecified atom stereocenters. The van der Waals surface area contributed by atoms with E-state index in [2.05, 4.69) is 52.0 Å². The summed E-state index contributed by atoms with van der Waals surface area (Å²) >= 11 is 0. The van der Waals surface area contributed by atoms with Gasteiger partial charge in [-0.05, 0) is 54.7 Å². The first-order valence-electron chi connectivity index (χ1n) is 11.9. The van der Waals surface area contributed by atoms with Gasteiger partial charge in [-0.2, -0.15) is 0 Å². The summed E-state index contributed by atoms with van der Waals surface area (Å²) in [5, 5.41) is 0. The monoisotopic (exact) mass is 447 g/mol. The average molecular weight is 448 g/mol. The largest absolute Gasteiger partial charge is 0.493 e. The highest BCUT2D eigenvalue weighted by Crippen LogP contribution is 2.31. The summed E-state index contributed by atoms with van der Waals surface area (Å²) in [6.45, 7) is 10.1. The molecule has 5 nitrogen and oxygen atoms in total. The number of amides is 1. The normalized spacial score (nSPS) is 13.6. The molecule has 0 aliphatic carbocycles. The fourth-order valence-corrected chi connectivity index (χ4v) is 3.74. The summed E-state index contributed by atoms with van der Waals surface area (Å²) in [4.78, 5) is 14.1. The molecule has 2 atom stereocenters. The molecule has 0 saturated heterocycles. The van der Waals surface area contributed by atoms with Crippen molar-refractivity contribution in [3.8, 4) is 11.5 Å². The van der Waals surface area contributed by atoms with Crippen LogP contribution in [0.15, 0.2) is 30.4 Å². The predicted octanol–water partition coefficient (Wildman–Crippen LogP) is 5.62. The molecule has 0 bridgehead atoms. The number of carbonyl (C=O) groups excluding carboxylic acids is 1. The molecule has 182 valence electrons. The van der Waals surface area contributed by atoms with Crippen LogP contribution < -0.4 is 9.47 Å². The molecule has 1 aromatic carbocycles. The first-order valence-corrected chi connectivity index (χ1v) is 11.9. The number of methoxy groups -OCH3 is 2. The summed E-state index contributed by atoms with van der Waals surface area (Å²) in [7, 11) is 7.04. The Kier molecular flexibility index (Phi) is 13.1. The molecule has 1 amide bonds. The molecule has 0 spiro atoms. The lowest BCUT2D eigenvalue weighted by atomic mass is 9.85. The molecule has 5 heteroatoms. The number of hydrogen-bond donors (Lipinski definition) is 0. The Morgan fingerprint density at radius 3 is 2.22 bits per heavy atom. The van der Waals surface area contributed by atoms with Gasteiger partial charge in [-0.25, -0.2) is 0 Å². The third-order valence-corrected chi connectivity index (χ3v) is 5.98. The Balaban J connectivity index is 2.78. The quantitative estimate of drug-likeness (QED) is 0.259. The van der Waals surface area contributed by atoms with Crippen molar-refractivity contribution in [2.75, 3.05) is 41.5 Å². The molecule has 32 heavy (non-hydrogen) atoms. The van der Waals surface area contributed by atoms with Crippen molar-refractivity contribution >= 4 is 5.91 Å². The van der Waals surface area contributed by atoms with Crippen molar-refractivity contribution in [3.63, 3.8) is 0 Å². The Morgan fingerprint density at radius 2 is 1.66 bits per heavy atom. The van der Waals surface area contributed by atoms with Gasteiger partial charge in [0.25, 0.3) is 0 Å². The van der Waals surface area contributed by atoms with Gasteiger partial charge in [-0.15, -0.1) is 0 Å². The van der Waals surface area contributed by atoms with Gasteiger partial charge in [0.1, 0.15) is 0 Å². The lowest BCUT2D eigenvalue weighted by Crippen LogP contribution is -2.32. The molecule has 1 rings (SSSR count). The van der Waals surface area contributed by atoms with Crippen molar-refractivity contribution in [2.24, 2.45) is 23.7 Å². The van der Waals surface area contributed by atoms with Crippen molar-refractivity contribution in [3.05, 3.63) is 35.9 Å². The molecule has 0 aliphatic heterocycles. The van der Waals surface area contributed by atoms with Crippen LogP contribution in [0, 0.1) is 23.7 Å². The van der Waals surface area contributed by atoms with Crippen LogP contribution in [0.3, 0.4) is 0 Å². The first-order chi connectivity index (χ1) is 15.2. The van der Waals surface area contributed by atoms with Gasteiger partial charge in [-0.3, -0.25) is 4.79 Å². The topological polar surface area (TPSA) is 48.0 Å². The summed E-state index contributed by atoms with van der Waals surface area (Å²) in [5.74, 6) is 3.20. The van der Waals surface area contributed by atoms with Crippen LogP contribution >= 0.6 is 0 Å². The summed E-state index contributed by atoms with van der Waals surface area (Å²) < 4.78 is 16.5. The van der Waals surface area contributed by atoms with Crippen LogP contribution in [0.1, 0.15) is 52.5 Å². The molecule has 0 heterocycles. The lowest BCUT2D eigenvalue weighted by molar-refractivity contribution is -0.134. The van der Waals surface area contributed by atoms with E-state index in [9.17, 15) is 4.79 Å². The maximum atomic E-state index is 12.4. The molecule has 0 aliphatic rings. The lowest BCUT2D eigenvalue weighted by Gasteiger charge is -2.23. The van der Waals surface area contributed by atoms with Crippen LogP contribution in [0.25, 0.3) is 0 Å². The second-order valence-electron chi connectivity index (χ2n) is 9.41. The highest BCUT2D eigenvalue weighted by molar-refractivity contribution is 5.78.